The molecular weight excluding hydrogens is 433 g/mol. The summed E-state index contributed by atoms with van der Waals surface area (Å²) >= 11 is 12.7. The van der Waals surface area contributed by atoms with Gasteiger partial charge in [-0.25, -0.2) is 4.98 Å². The first kappa shape index (κ1) is 20.2. The average molecular weight is 454 g/mol. The van der Waals surface area contributed by atoms with Gasteiger partial charge in [-0.05, 0) is 42.3 Å². The van der Waals surface area contributed by atoms with E-state index in [0.717, 1.165) is 34.5 Å². The second-order valence-corrected chi connectivity index (χ2v) is 8.62. The molecule has 0 spiro atoms. The first-order chi connectivity index (χ1) is 15.1. The normalized spacial score (nSPS) is 23.0. The van der Waals surface area contributed by atoms with Crippen LogP contribution in [0.1, 0.15) is 24.9 Å². The van der Waals surface area contributed by atoms with Crippen LogP contribution in [0, 0.1) is 11.8 Å². The quantitative estimate of drug-likeness (QED) is 0.520. The van der Waals surface area contributed by atoms with E-state index >= 15 is 0 Å². The van der Waals surface area contributed by atoms with Crippen LogP contribution in [0.5, 0.6) is 5.75 Å². The number of hydrogen-bond acceptors (Lipinski definition) is 3. The van der Waals surface area contributed by atoms with Gasteiger partial charge in [-0.1, -0.05) is 54.4 Å². The number of ether oxygens (including phenoxy) is 1. The Kier molecular flexibility index (Phi) is 5.24. The van der Waals surface area contributed by atoms with Crippen LogP contribution < -0.4 is 9.64 Å². The molecule has 1 amide bonds. The lowest BCUT2D eigenvalue weighted by Crippen LogP contribution is -2.29. The summed E-state index contributed by atoms with van der Waals surface area (Å²) in [6.07, 6.45) is 6.28. The highest BCUT2D eigenvalue weighted by Crippen LogP contribution is 2.49. The highest BCUT2D eigenvalue weighted by molar-refractivity contribution is 6.44. The Hall–Kier alpha value is -2.76. The fraction of sp³-hybridized carbons (Fsp3) is 0.250. The Labute approximate surface area is 190 Å². The summed E-state index contributed by atoms with van der Waals surface area (Å²) in [5, 5.41) is 0.902. The number of carbonyl (C=O) groups is 1. The third-order valence-corrected chi connectivity index (χ3v) is 6.61. The third-order valence-electron chi connectivity index (χ3n) is 5.85. The predicted octanol–water partition coefficient (Wildman–Crippen LogP) is 5.93. The van der Waals surface area contributed by atoms with Gasteiger partial charge in [-0.15, -0.1) is 0 Å². The molecule has 2 aromatic carbocycles. The lowest BCUT2D eigenvalue weighted by molar-refractivity contribution is -0.119. The monoisotopic (exact) mass is 453 g/mol. The SMILES string of the molecule is CCCOc1ccc(C2C3C=C(Cl)C(Cl)=CC3C(=O)N2c2ccc3nc[nH]c3c2)cc1. The van der Waals surface area contributed by atoms with Crippen LogP contribution in [0.2, 0.25) is 0 Å². The van der Waals surface area contributed by atoms with Crippen LogP contribution in [-0.4, -0.2) is 22.5 Å². The zero-order valence-corrected chi connectivity index (χ0v) is 18.4. The molecule has 158 valence electrons. The minimum atomic E-state index is -0.367. The lowest BCUT2D eigenvalue weighted by Gasteiger charge is -2.28. The van der Waals surface area contributed by atoms with E-state index in [1.807, 2.05) is 53.4 Å². The van der Waals surface area contributed by atoms with E-state index in [2.05, 4.69) is 16.9 Å². The highest BCUT2D eigenvalue weighted by atomic mass is 35.5. The number of carbonyl (C=O) groups excluding carboxylic acids is 1. The fourth-order valence-electron chi connectivity index (χ4n) is 4.41. The van der Waals surface area contributed by atoms with Crippen molar-refractivity contribution in [1.29, 1.82) is 0 Å². The van der Waals surface area contributed by atoms with Crippen molar-refractivity contribution in [2.45, 2.75) is 19.4 Å². The van der Waals surface area contributed by atoms with Crippen LogP contribution in [-0.2, 0) is 4.79 Å². The van der Waals surface area contributed by atoms with E-state index in [1.165, 1.54) is 0 Å². The largest absolute Gasteiger partial charge is 0.494 e. The number of aromatic nitrogens is 2. The van der Waals surface area contributed by atoms with E-state index in [-0.39, 0.29) is 23.8 Å². The van der Waals surface area contributed by atoms with Crippen LogP contribution in [0.3, 0.4) is 0 Å². The molecule has 1 N–H and O–H groups in total. The van der Waals surface area contributed by atoms with E-state index < -0.39 is 0 Å². The Morgan fingerprint density at radius 3 is 2.65 bits per heavy atom. The third kappa shape index (κ3) is 3.52. The van der Waals surface area contributed by atoms with Crippen molar-refractivity contribution in [2.75, 3.05) is 11.5 Å². The van der Waals surface area contributed by atoms with Gasteiger partial charge < -0.3 is 14.6 Å². The summed E-state index contributed by atoms with van der Waals surface area (Å²) in [4.78, 5) is 22.8. The maximum absolute atomic E-state index is 13.6. The van der Waals surface area contributed by atoms with Gasteiger partial charge in [0.25, 0.3) is 0 Å². The summed E-state index contributed by atoms with van der Waals surface area (Å²) in [6, 6.07) is 13.5. The van der Waals surface area contributed by atoms with E-state index in [4.69, 9.17) is 27.9 Å². The second-order valence-electron chi connectivity index (χ2n) is 7.81. The molecule has 3 atom stereocenters. The number of nitrogens with one attached hydrogen (secondary N) is 1. The van der Waals surface area contributed by atoms with Crippen LogP contribution >= 0.6 is 23.2 Å². The molecule has 0 radical (unpaired) electrons. The molecular formula is C24H21Cl2N3O2. The molecule has 1 aliphatic heterocycles. The summed E-state index contributed by atoms with van der Waals surface area (Å²) < 4.78 is 5.73. The van der Waals surface area contributed by atoms with Crippen LogP contribution in [0.15, 0.2) is 71.0 Å². The van der Waals surface area contributed by atoms with Gasteiger partial charge in [-0.3, -0.25) is 4.79 Å². The van der Waals surface area contributed by atoms with Crippen molar-refractivity contribution in [3.8, 4) is 5.75 Å². The molecule has 7 heteroatoms. The molecule has 31 heavy (non-hydrogen) atoms. The molecule has 5 rings (SSSR count). The molecule has 2 aliphatic rings. The number of aromatic amines is 1. The number of hydrogen-bond donors (Lipinski definition) is 1. The highest BCUT2D eigenvalue weighted by Gasteiger charge is 2.49. The number of nitrogens with zero attached hydrogens (tertiary/aromatic N) is 2. The number of H-pyrrole nitrogens is 1. The Morgan fingerprint density at radius 1 is 1.10 bits per heavy atom. The summed E-state index contributed by atoms with van der Waals surface area (Å²) in [7, 11) is 0. The first-order valence-electron chi connectivity index (χ1n) is 10.3. The summed E-state index contributed by atoms with van der Waals surface area (Å²) in [6.45, 7) is 2.74. The Morgan fingerprint density at radius 2 is 1.87 bits per heavy atom. The van der Waals surface area contributed by atoms with Crippen LogP contribution in [0.25, 0.3) is 11.0 Å². The number of rotatable bonds is 5. The zero-order valence-electron chi connectivity index (χ0n) is 16.9. The number of amides is 1. The molecule has 0 saturated carbocycles. The molecule has 1 saturated heterocycles. The van der Waals surface area contributed by atoms with Gasteiger partial charge in [0.05, 0.1) is 46.0 Å². The van der Waals surface area contributed by atoms with Gasteiger partial charge in [0.2, 0.25) is 5.91 Å². The fourth-order valence-corrected chi connectivity index (χ4v) is 4.81. The minimum absolute atomic E-state index is 0.00117. The predicted molar refractivity (Wildman–Crippen MR) is 123 cm³/mol. The number of anilines is 1. The Balaban J connectivity index is 1.59. The molecule has 3 aromatic rings. The first-order valence-corrected chi connectivity index (χ1v) is 11.1. The lowest BCUT2D eigenvalue weighted by atomic mass is 9.84. The van der Waals surface area contributed by atoms with E-state index in [0.29, 0.717) is 16.7 Å². The Bertz CT molecular complexity index is 1200. The molecule has 0 bridgehead atoms. The topological polar surface area (TPSA) is 58.2 Å². The van der Waals surface area contributed by atoms with Gasteiger partial charge in [0.15, 0.2) is 0 Å². The number of imidazole rings is 1. The standard InChI is InChI=1S/C24H21Cl2N3O2/c1-2-9-31-16-6-3-14(4-7-16)23-17-11-19(25)20(26)12-18(17)24(30)29(23)15-5-8-21-22(10-15)28-13-27-21/h3-8,10-13,17-18,23H,2,9H2,1H3,(H,27,28). The molecule has 1 aromatic heterocycles. The van der Waals surface area contributed by atoms with Gasteiger partial charge in [0, 0.05) is 11.6 Å². The van der Waals surface area contributed by atoms with Crippen molar-refractivity contribution in [1.82, 2.24) is 9.97 Å². The van der Waals surface area contributed by atoms with Gasteiger partial charge in [0.1, 0.15) is 5.75 Å². The zero-order chi connectivity index (χ0) is 21.5. The molecule has 3 unspecified atom stereocenters. The maximum atomic E-state index is 13.6. The van der Waals surface area contributed by atoms with Crippen molar-refractivity contribution in [2.24, 2.45) is 11.8 Å². The minimum Gasteiger partial charge on any atom is -0.494 e. The van der Waals surface area contributed by atoms with Gasteiger partial charge >= 0.3 is 0 Å². The molecule has 1 fully saturated rings. The number of allylic oxidation sites excluding steroid dienone is 2. The van der Waals surface area contributed by atoms with Crippen molar-refractivity contribution in [3.05, 3.63) is 76.6 Å². The number of fused-ring (bicyclic) bond motifs is 2. The smallest absolute Gasteiger partial charge is 0.235 e. The van der Waals surface area contributed by atoms with E-state index in [9.17, 15) is 4.79 Å². The van der Waals surface area contributed by atoms with E-state index in [1.54, 1.807) is 12.4 Å². The average Bonchev–Trinajstić information content (AvgIpc) is 3.35. The maximum Gasteiger partial charge on any atom is 0.235 e. The molecule has 2 heterocycles. The summed E-state index contributed by atoms with van der Waals surface area (Å²) in [5.74, 6) is 0.326. The number of halogens is 2. The van der Waals surface area contributed by atoms with Crippen molar-refractivity contribution >= 4 is 45.8 Å². The van der Waals surface area contributed by atoms with Crippen molar-refractivity contribution < 1.29 is 9.53 Å². The number of benzene rings is 2. The van der Waals surface area contributed by atoms with Crippen LogP contribution in [0.4, 0.5) is 5.69 Å². The van der Waals surface area contributed by atoms with Gasteiger partial charge in [-0.2, -0.15) is 0 Å². The van der Waals surface area contributed by atoms with Crippen molar-refractivity contribution in [3.63, 3.8) is 0 Å². The second kappa shape index (κ2) is 8.06. The molecule has 1 aliphatic carbocycles. The summed E-state index contributed by atoms with van der Waals surface area (Å²) in [5.41, 5.74) is 3.56. The molecule has 5 nitrogen and oxygen atoms in total.